The van der Waals surface area contributed by atoms with Gasteiger partial charge in [0.15, 0.2) is 5.78 Å². The molecule has 1 N–H and O–H groups in total. The fourth-order valence-corrected chi connectivity index (χ4v) is 4.65. The fraction of sp³-hybridized carbons (Fsp3) is 0.333. The van der Waals surface area contributed by atoms with E-state index in [1.54, 1.807) is 6.07 Å². The SMILES string of the molecule is CCCOc1ccccc1C1CC(=O)NC2=C1C(=O)CC(c1ccc(Cl)c(Cl)c1)C2. The number of amides is 1. The third kappa shape index (κ3) is 4.12. The van der Waals surface area contributed by atoms with Crippen molar-refractivity contribution in [3.63, 3.8) is 0 Å². The number of hydrogen-bond acceptors (Lipinski definition) is 3. The molecular formula is C24H23Cl2NO3. The molecule has 0 spiro atoms. The number of para-hydroxylation sites is 1. The maximum absolute atomic E-state index is 13.3. The Balaban J connectivity index is 1.70. The van der Waals surface area contributed by atoms with Crippen LogP contribution in [0.2, 0.25) is 10.0 Å². The number of allylic oxidation sites excluding steroid dienone is 2. The van der Waals surface area contributed by atoms with Gasteiger partial charge >= 0.3 is 0 Å². The molecule has 2 unspecified atom stereocenters. The van der Waals surface area contributed by atoms with Crippen molar-refractivity contribution in [2.24, 2.45) is 0 Å². The molecular weight excluding hydrogens is 421 g/mol. The number of nitrogens with one attached hydrogen (secondary N) is 1. The van der Waals surface area contributed by atoms with E-state index in [-0.39, 0.29) is 29.9 Å². The molecule has 2 aromatic rings. The average molecular weight is 444 g/mol. The minimum atomic E-state index is -0.288. The van der Waals surface area contributed by atoms with Gasteiger partial charge in [-0.15, -0.1) is 0 Å². The predicted molar refractivity (Wildman–Crippen MR) is 118 cm³/mol. The van der Waals surface area contributed by atoms with Crippen LogP contribution < -0.4 is 10.1 Å². The van der Waals surface area contributed by atoms with Crippen molar-refractivity contribution in [1.29, 1.82) is 0 Å². The maximum atomic E-state index is 13.3. The van der Waals surface area contributed by atoms with Gasteiger partial charge in [-0.1, -0.05) is 54.4 Å². The van der Waals surface area contributed by atoms with Gasteiger partial charge in [-0.25, -0.2) is 0 Å². The van der Waals surface area contributed by atoms with E-state index < -0.39 is 0 Å². The fourth-order valence-electron chi connectivity index (χ4n) is 4.34. The summed E-state index contributed by atoms with van der Waals surface area (Å²) in [5, 5.41) is 3.91. The van der Waals surface area contributed by atoms with Crippen LogP contribution in [0.3, 0.4) is 0 Å². The van der Waals surface area contributed by atoms with Gasteiger partial charge in [0.2, 0.25) is 5.91 Å². The number of Topliss-reactive ketones (excluding diaryl/α,β-unsaturated/α-hetero) is 1. The quantitative estimate of drug-likeness (QED) is 0.636. The Hall–Kier alpha value is -2.30. The molecule has 2 aliphatic rings. The van der Waals surface area contributed by atoms with Crippen LogP contribution in [0.25, 0.3) is 0 Å². The molecule has 0 bridgehead atoms. The van der Waals surface area contributed by atoms with Gasteiger partial charge in [0, 0.05) is 35.6 Å². The van der Waals surface area contributed by atoms with Crippen molar-refractivity contribution in [1.82, 2.24) is 5.32 Å². The molecule has 2 atom stereocenters. The van der Waals surface area contributed by atoms with Crippen LogP contribution in [0, 0.1) is 0 Å². The first-order valence-electron chi connectivity index (χ1n) is 10.2. The molecule has 1 heterocycles. The van der Waals surface area contributed by atoms with Crippen molar-refractivity contribution in [3.8, 4) is 5.75 Å². The molecule has 4 nitrogen and oxygen atoms in total. The van der Waals surface area contributed by atoms with Crippen molar-refractivity contribution >= 4 is 34.9 Å². The lowest BCUT2D eigenvalue weighted by molar-refractivity contribution is -0.122. The summed E-state index contributed by atoms with van der Waals surface area (Å²) in [5.41, 5.74) is 3.27. The molecule has 2 aromatic carbocycles. The van der Waals surface area contributed by atoms with Crippen LogP contribution in [-0.2, 0) is 9.59 Å². The third-order valence-electron chi connectivity index (χ3n) is 5.71. The van der Waals surface area contributed by atoms with Crippen molar-refractivity contribution in [3.05, 3.63) is 74.9 Å². The summed E-state index contributed by atoms with van der Waals surface area (Å²) in [6, 6.07) is 13.2. The summed E-state index contributed by atoms with van der Waals surface area (Å²) in [5.74, 6) is 0.389. The summed E-state index contributed by atoms with van der Waals surface area (Å²) in [6.45, 7) is 2.64. The van der Waals surface area contributed by atoms with Gasteiger partial charge in [0.05, 0.1) is 16.7 Å². The molecule has 156 valence electrons. The van der Waals surface area contributed by atoms with Crippen LogP contribution in [0.5, 0.6) is 5.75 Å². The van der Waals surface area contributed by atoms with Gasteiger partial charge in [-0.2, -0.15) is 0 Å². The molecule has 30 heavy (non-hydrogen) atoms. The second-order valence-corrected chi connectivity index (χ2v) is 8.60. The lowest BCUT2D eigenvalue weighted by Crippen LogP contribution is -2.38. The third-order valence-corrected chi connectivity index (χ3v) is 6.45. The molecule has 0 radical (unpaired) electrons. The van der Waals surface area contributed by atoms with E-state index in [0.717, 1.165) is 23.3 Å². The summed E-state index contributed by atoms with van der Waals surface area (Å²) >= 11 is 12.2. The molecule has 1 amide bonds. The highest BCUT2D eigenvalue weighted by atomic mass is 35.5. The average Bonchev–Trinajstić information content (AvgIpc) is 2.73. The number of halogens is 2. The minimum Gasteiger partial charge on any atom is -0.493 e. The lowest BCUT2D eigenvalue weighted by Gasteiger charge is -2.35. The Morgan fingerprint density at radius 2 is 1.83 bits per heavy atom. The highest BCUT2D eigenvalue weighted by molar-refractivity contribution is 6.42. The summed E-state index contributed by atoms with van der Waals surface area (Å²) in [4.78, 5) is 25.8. The Labute approximate surface area is 186 Å². The Morgan fingerprint density at radius 3 is 2.60 bits per heavy atom. The number of benzene rings is 2. The Morgan fingerprint density at radius 1 is 1.03 bits per heavy atom. The van der Waals surface area contributed by atoms with E-state index >= 15 is 0 Å². The van der Waals surface area contributed by atoms with E-state index in [9.17, 15) is 9.59 Å². The van der Waals surface area contributed by atoms with Gasteiger partial charge in [0.25, 0.3) is 0 Å². The molecule has 4 rings (SSSR count). The van der Waals surface area contributed by atoms with Gasteiger partial charge < -0.3 is 10.1 Å². The molecule has 0 saturated carbocycles. The largest absolute Gasteiger partial charge is 0.493 e. The first-order valence-corrected chi connectivity index (χ1v) is 11.0. The second kappa shape index (κ2) is 8.83. The molecule has 6 heteroatoms. The normalized spacial score (nSPS) is 21.3. The van der Waals surface area contributed by atoms with Crippen LogP contribution in [0.4, 0.5) is 0 Å². The number of rotatable bonds is 5. The summed E-state index contributed by atoms with van der Waals surface area (Å²) in [6.07, 6.45) is 2.09. The van der Waals surface area contributed by atoms with Crippen LogP contribution >= 0.6 is 23.2 Å². The monoisotopic (exact) mass is 443 g/mol. The van der Waals surface area contributed by atoms with E-state index in [1.807, 2.05) is 43.3 Å². The van der Waals surface area contributed by atoms with Crippen molar-refractivity contribution in [2.45, 2.75) is 44.4 Å². The topological polar surface area (TPSA) is 55.4 Å². The van der Waals surface area contributed by atoms with Crippen molar-refractivity contribution in [2.75, 3.05) is 6.61 Å². The van der Waals surface area contributed by atoms with Gasteiger partial charge in [-0.05, 0) is 42.5 Å². The molecule has 0 aromatic heterocycles. The number of ketones is 1. The predicted octanol–water partition coefficient (Wildman–Crippen LogP) is 5.79. The van der Waals surface area contributed by atoms with E-state index in [1.165, 1.54) is 0 Å². The van der Waals surface area contributed by atoms with E-state index in [4.69, 9.17) is 27.9 Å². The zero-order chi connectivity index (χ0) is 21.3. The van der Waals surface area contributed by atoms with Crippen molar-refractivity contribution < 1.29 is 14.3 Å². The highest BCUT2D eigenvalue weighted by Crippen LogP contribution is 2.45. The standard InChI is InChI=1S/C24H23Cl2NO3/c1-2-9-30-22-6-4-3-5-16(22)17-13-23(29)27-20-11-15(12-21(28)24(17)20)14-7-8-18(25)19(26)10-14/h3-8,10,15,17H,2,9,11-13H2,1H3,(H,27,29). The van der Waals surface area contributed by atoms with E-state index in [0.29, 0.717) is 40.8 Å². The van der Waals surface area contributed by atoms with Crippen LogP contribution in [0.1, 0.15) is 55.6 Å². The number of ether oxygens (including phenoxy) is 1. The number of hydrogen-bond donors (Lipinski definition) is 1. The first kappa shape index (κ1) is 21.0. The first-order chi connectivity index (χ1) is 14.5. The lowest BCUT2D eigenvalue weighted by atomic mass is 9.73. The molecule has 0 fully saturated rings. The zero-order valence-corrected chi connectivity index (χ0v) is 18.2. The Bertz CT molecular complexity index is 1030. The molecule has 1 aliphatic heterocycles. The minimum absolute atomic E-state index is 0.0448. The maximum Gasteiger partial charge on any atom is 0.225 e. The zero-order valence-electron chi connectivity index (χ0n) is 16.7. The smallest absolute Gasteiger partial charge is 0.225 e. The highest BCUT2D eigenvalue weighted by Gasteiger charge is 2.39. The van der Waals surface area contributed by atoms with Crippen LogP contribution in [-0.4, -0.2) is 18.3 Å². The van der Waals surface area contributed by atoms with Crippen LogP contribution in [0.15, 0.2) is 53.7 Å². The number of carbonyl (C=O) groups excluding carboxylic acids is 2. The molecule has 0 saturated heterocycles. The summed E-state index contributed by atoms with van der Waals surface area (Å²) < 4.78 is 5.91. The van der Waals surface area contributed by atoms with Gasteiger partial charge in [-0.3, -0.25) is 9.59 Å². The second-order valence-electron chi connectivity index (χ2n) is 7.79. The molecule has 1 aliphatic carbocycles. The van der Waals surface area contributed by atoms with Gasteiger partial charge in [0.1, 0.15) is 5.75 Å². The Kier molecular flexibility index (Phi) is 6.16. The van der Waals surface area contributed by atoms with E-state index in [2.05, 4.69) is 5.32 Å². The number of carbonyl (C=O) groups is 2. The summed E-state index contributed by atoms with van der Waals surface area (Å²) in [7, 11) is 0.